The van der Waals surface area contributed by atoms with Crippen molar-refractivity contribution in [2.45, 2.75) is 0 Å². The zero-order chi connectivity index (χ0) is 13.4. The highest BCUT2D eigenvalue weighted by molar-refractivity contribution is 5.50. The molecular formula is C14H13N3O. The quantitative estimate of drug-likeness (QED) is 0.460. The third-order valence-electron chi connectivity index (χ3n) is 2.32. The molecule has 0 aliphatic rings. The number of benzene rings is 1. The van der Waals surface area contributed by atoms with Crippen LogP contribution in [0.25, 0.3) is 0 Å². The molecule has 0 aliphatic carbocycles. The number of ether oxygens (including phenoxy) is 1. The van der Waals surface area contributed by atoms with Crippen LogP contribution in [-0.4, -0.2) is 14.2 Å². The minimum Gasteiger partial charge on any atom is -0.482 e. The topological polar surface area (TPSA) is 60.0 Å². The Morgan fingerprint density at radius 1 is 1.17 bits per heavy atom. The highest BCUT2D eigenvalue weighted by Gasteiger charge is 2.05. The summed E-state index contributed by atoms with van der Waals surface area (Å²) in [5.41, 5.74) is 0.987. The average Bonchev–Trinajstić information content (AvgIpc) is 2.44. The van der Waals surface area contributed by atoms with Crippen molar-refractivity contribution in [1.29, 1.82) is 10.5 Å². The minimum absolute atomic E-state index is 0.0333. The number of hydrogen-bond donors (Lipinski definition) is 0. The third kappa shape index (κ3) is 3.40. The molecule has 0 spiro atoms. The van der Waals surface area contributed by atoms with Crippen LogP contribution in [0.2, 0.25) is 0 Å². The first kappa shape index (κ1) is 13.3. The maximum Gasteiger partial charge on any atom is 0.193 e. The Hall–Kier alpha value is -2.72. The van der Waals surface area contributed by atoms with Crippen LogP contribution < -0.4 is 4.90 Å². The molecule has 1 rings (SSSR count). The molecule has 18 heavy (non-hydrogen) atoms. The third-order valence-corrected chi connectivity index (χ3v) is 2.32. The van der Waals surface area contributed by atoms with Crippen LogP contribution in [0, 0.1) is 22.7 Å². The average molecular weight is 239 g/mol. The van der Waals surface area contributed by atoms with Gasteiger partial charge in [0.2, 0.25) is 0 Å². The number of allylic oxidation sites excluding steroid dienone is 3. The van der Waals surface area contributed by atoms with Gasteiger partial charge in [0.05, 0.1) is 7.11 Å². The van der Waals surface area contributed by atoms with E-state index in [1.165, 1.54) is 13.2 Å². The normalized spacial score (nSPS) is 9.89. The van der Waals surface area contributed by atoms with E-state index in [1.807, 2.05) is 42.3 Å². The number of nitriles is 2. The molecule has 0 aliphatic heterocycles. The van der Waals surface area contributed by atoms with Gasteiger partial charge in [-0.15, -0.1) is 0 Å². The molecule has 0 saturated carbocycles. The summed E-state index contributed by atoms with van der Waals surface area (Å²) in [6.45, 7) is 0. The highest BCUT2D eigenvalue weighted by atomic mass is 16.5. The SMILES string of the molecule is CO/C(=C\C=C(C#N)C#N)N(C)c1ccccc1. The minimum atomic E-state index is 0.0333. The monoisotopic (exact) mass is 239 g/mol. The molecule has 1 aromatic rings. The van der Waals surface area contributed by atoms with Gasteiger partial charge in [0.15, 0.2) is 5.88 Å². The maximum absolute atomic E-state index is 8.64. The van der Waals surface area contributed by atoms with Crippen LogP contribution in [0.1, 0.15) is 0 Å². The van der Waals surface area contributed by atoms with Crippen molar-refractivity contribution < 1.29 is 4.74 Å². The molecule has 0 amide bonds. The Morgan fingerprint density at radius 3 is 2.28 bits per heavy atom. The van der Waals surface area contributed by atoms with E-state index in [-0.39, 0.29) is 5.57 Å². The predicted molar refractivity (Wildman–Crippen MR) is 69.2 cm³/mol. The second-order valence-corrected chi connectivity index (χ2v) is 3.41. The van der Waals surface area contributed by atoms with E-state index in [1.54, 1.807) is 18.2 Å². The largest absolute Gasteiger partial charge is 0.482 e. The van der Waals surface area contributed by atoms with Gasteiger partial charge in [-0.1, -0.05) is 18.2 Å². The zero-order valence-corrected chi connectivity index (χ0v) is 10.3. The van der Waals surface area contributed by atoms with Crippen LogP contribution in [0.15, 0.2) is 53.9 Å². The Labute approximate surface area is 107 Å². The first-order chi connectivity index (χ1) is 8.72. The number of anilines is 1. The van der Waals surface area contributed by atoms with E-state index in [9.17, 15) is 0 Å². The smallest absolute Gasteiger partial charge is 0.193 e. The fourth-order valence-electron chi connectivity index (χ4n) is 1.35. The zero-order valence-electron chi connectivity index (χ0n) is 10.3. The van der Waals surface area contributed by atoms with Gasteiger partial charge in [0, 0.05) is 18.8 Å². The summed E-state index contributed by atoms with van der Waals surface area (Å²) in [6, 6.07) is 13.2. The number of hydrogen-bond acceptors (Lipinski definition) is 4. The second kappa shape index (κ2) is 6.78. The summed E-state index contributed by atoms with van der Waals surface area (Å²) in [6.07, 6.45) is 3.02. The molecule has 4 nitrogen and oxygen atoms in total. The lowest BCUT2D eigenvalue weighted by Crippen LogP contribution is -2.17. The van der Waals surface area contributed by atoms with E-state index in [4.69, 9.17) is 15.3 Å². The van der Waals surface area contributed by atoms with Gasteiger partial charge >= 0.3 is 0 Å². The van der Waals surface area contributed by atoms with Crippen LogP contribution in [0.5, 0.6) is 0 Å². The molecule has 90 valence electrons. The summed E-state index contributed by atoms with van der Waals surface area (Å²) in [5.74, 6) is 0.546. The van der Waals surface area contributed by atoms with E-state index in [2.05, 4.69) is 0 Å². The highest BCUT2D eigenvalue weighted by Crippen LogP contribution is 2.16. The van der Waals surface area contributed by atoms with E-state index >= 15 is 0 Å². The lowest BCUT2D eigenvalue weighted by atomic mass is 10.3. The number of para-hydroxylation sites is 1. The summed E-state index contributed by atoms with van der Waals surface area (Å²) in [7, 11) is 3.38. The molecule has 4 heteroatoms. The predicted octanol–water partition coefficient (Wildman–Crippen LogP) is 2.58. The van der Waals surface area contributed by atoms with Gasteiger partial charge in [-0.2, -0.15) is 10.5 Å². The number of methoxy groups -OCH3 is 1. The van der Waals surface area contributed by atoms with Crippen LogP contribution in [-0.2, 0) is 4.74 Å². The van der Waals surface area contributed by atoms with Crippen molar-refractivity contribution in [3.05, 3.63) is 53.9 Å². The van der Waals surface area contributed by atoms with Gasteiger partial charge in [-0.25, -0.2) is 0 Å². The molecule has 0 atom stereocenters. The van der Waals surface area contributed by atoms with Crippen molar-refractivity contribution in [3.8, 4) is 12.1 Å². The molecule has 0 aromatic heterocycles. The summed E-state index contributed by atoms with van der Waals surface area (Å²) < 4.78 is 5.23. The van der Waals surface area contributed by atoms with Crippen molar-refractivity contribution >= 4 is 5.69 Å². The van der Waals surface area contributed by atoms with Gasteiger partial charge < -0.3 is 9.64 Å². The second-order valence-electron chi connectivity index (χ2n) is 3.41. The fourth-order valence-corrected chi connectivity index (χ4v) is 1.35. The molecule has 0 fully saturated rings. The maximum atomic E-state index is 8.64. The molecule has 0 heterocycles. The van der Waals surface area contributed by atoms with Crippen molar-refractivity contribution in [3.63, 3.8) is 0 Å². The Bertz CT molecular complexity index is 516. The molecular weight excluding hydrogens is 226 g/mol. The van der Waals surface area contributed by atoms with Crippen molar-refractivity contribution in [1.82, 2.24) is 0 Å². The standard InChI is InChI=1S/C14H13N3O/c1-17(13-6-4-3-5-7-13)14(18-2)9-8-12(10-15)11-16/h3-9H,1-2H3/b14-9-. The van der Waals surface area contributed by atoms with E-state index in [0.29, 0.717) is 5.88 Å². The lowest BCUT2D eigenvalue weighted by molar-refractivity contribution is 0.283. The number of rotatable bonds is 4. The first-order valence-electron chi connectivity index (χ1n) is 5.28. The summed E-state index contributed by atoms with van der Waals surface area (Å²) >= 11 is 0. The van der Waals surface area contributed by atoms with Crippen molar-refractivity contribution in [2.24, 2.45) is 0 Å². The summed E-state index contributed by atoms with van der Waals surface area (Å²) in [5, 5.41) is 17.3. The Kier molecular flexibility index (Phi) is 5.02. The van der Waals surface area contributed by atoms with Gasteiger partial charge in [0.25, 0.3) is 0 Å². The van der Waals surface area contributed by atoms with Crippen LogP contribution in [0.3, 0.4) is 0 Å². The first-order valence-corrected chi connectivity index (χ1v) is 5.28. The number of nitrogens with zero attached hydrogens (tertiary/aromatic N) is 3. The molecule has 0 radical (unpaired) electrons. The Morgan fingerprint density at radius 2 is 1.78 bits per heavy atom. The van der Waals surface area contributed by atoms with Crippen molar-refractivity contribution in [2.75, 3.05) is 19.1 Å². The van der Waals surface area contributed by atoms with Gasteiger partial charge in [-0.05, 0) is 18.2 Å². The van der Waals surface area contributed by atoms with Gasteiger partial charge in [-0.3, -0.25) is 0 Å². The lowest BCUT2D eigenvalue weighted by Gasteiger charge is -2.20. The molecule has 0 N–H and O–H groups in total. The fraction of sp³-hybridized carbons (Fsp3) is 0.143. The summed E-state index contributed by atoms with van der Waals surface area (Å²) in [4.78, 5) is 1.82. The molecule has 0 bridgehead atoms. The van der Waals surface area contributed by atoms with Gasteiger partial charge in [0.1, 0.15) is 17.7 Å². The van der Waals surface area contributed by atoms with Crippen LogP contribution in [0.4, 0.5) is 5.69 Å². The molecule has 0 saturated heterocycles. The molecule has 1 aromatic carbocycles. The molecule has 0 unspecified atom stereocenters. The Balaban J connectivity index is 2.99. The van der Waals surface area contributed by atoms with E-state index in [0.717, 1.165) is 5.69 Å². The van der Waals surface area contributed by atoms with E-state index < -0.39 is 0 Å². The van der Waals surface area contributed by atoms with Crippen LogP contribution >= 0.6 is 0 Å².